The lowest BCUT2D eigenvalue weighted by Crippen LogP contribution is -2.15. The summed E-state index contributed by atoms with van der Waals surface area (Å²) in [4.78, 5) is 23.8. The van der Waals surface area contributed by atoms with Gasteiger partial charge in [-0.15, -0.1) is 15.3 Å². The summed E-state index contributed by atoms with van der Waals surface area (Å²) in [6.07, 6.45) is 0. The number of Topliss-reactive ketones (excluding diaryl/α,β-unsaturated/α-hetero) is 1. The Morgan fingerprint density at radius 3 is 2.73 bits per heavy atom. The van der Waals surface area contributed by atoms with Gasteiger partial charge in [0, 0.05) is 18.3 Å². The van der Waals surface area contributed by atoms with Gasteiger partial charge in [0.15, 0.2) is 16.8 Å². The second-order valence-corrected chi connectivity index (χ2v) is 7.61. The van der Waals surface area contributed by atoms with E-state index in [1.807, 2.05) is 35.9 Å². The fraction of sp³-hybridized carbons (Fsp3) is 0.200. The summed E-state index contributed by atoms with van der Waals surface area (Å²) in [5.74, 6) is 0.644. The van der Waals surface area contributed by atoms with E-state index in [0.29, 0.717) is 28.8 Å². The monoisotopic (exact) mass is 421 g/mol. The van der Waals surface area contributed by atoms with E-state index in [0.717, 1.165) is 11.0 Å². The van der Waals surface area contributed by atoms with Crippen LogP contribution in [0.4, 0.5) is 5.69 Å². The van der Waals surface area contributed by atoms with Crippen molar-refractivity contribution in [1.82, 2.24) is 29.8 Å². The largest absolute Gasteiger partial charge is 0.325 e. The zero-order chi connectivity index (χ0) is 21.1. The lowest BCUT2D eigenvalue weighted by molar-refractivity contribution is -0.113. The molecule has 0 spiro atoms. The Bertz CT molecular complexity index is 1230. The molecule has 9 nitrogen and oxygen atoms in total. The summed E-state index contributed by atoms with van der Waals surface area (Å²) >= 11 is 1.29. The molecule has 0 aliphatic heterocycles. The fourth-order valence-corrected chi connectivity index (χ4v) is 3.65. The first-order valence-electron chi connectivity index (χ1n) is 9.21. The Kier molecular flexibility index (Phi) is 5.57. The average molecular weight is 421 g/mol. The van der Waals surface area contributed by atoms with Crippen LogP contribution in [0.5, 0.6) is 0 Å². The number of nitrogens with one attached hydrogen (secondary N) is 1. The van der Waals surface area contributed by atoms with Crippen molar-refractivity contribution in [3.63, 3.8) is 0 Å². The van der Waals surface area contributed by atoms with E-state index < -0.39 is 0 Å². The summed E-state index contributed by atoms with van der Waals surface area (Å²) < 4.78 is 3.60. The molecule has 0 fully saturated rings. The lowest BCUT2D eigenvalue weighted by atomic mass is 10.1. The number of nitrogens with zero attached hydrogens (tertiary/aromatic N) is 6. The highest BCUT2D eigenvalue weighted by molar-refractivity contribution is 7.99. The molecule has 0 bridgehead atoms. The van der Waals surface area contributed by atoms with Crippen molar-refractivity contribution in [2.24, 2.45) is 7.05 Å². The predicted octanol–water partition coefficient (Wildman–Crippen LogP) is 2.54. The van der Waals surface area contributed by atoms with Crippen LogP contribution >= 0.6 is 11.8 Å². The second kappa shape index (κ2) is 8.46. The van der Waals surface area contributed by atoms with E-state index in [2.05, 4.69) is 25.8 Å². The number of thioether (sulfide) groups is 1. The number of carbonyl (C=O) groups excluding carboxylic acids is 2. The van der Waals surface area contributed by atoms with Crippen molar-refractivity contribution in [3.05, 3.63) is 59.9 Å². The molecular weight excluding hydrogens is 402 g/mol. The third kappa shape index (κ3) is 4.23. The minimum absolute atomic E-state index is 0.0488. The predicted molar refractivity (Wildman–Crippen MR) is 113 cm³/mol. The highest BCUT2D eigenvalue weighted by atomic mass is 32.2. The normalized spacial score (nSPS) is 11.0. The standard InChI is InChI=1S/C20H19N7O2S/c1-13(28)14-6-5-7-15(10-14)21-19(29)12-30-20-24-23-18(26(20)2)11-27-17-9-4-3-8-16(17)22-25-27/h3-10H,11-12H2,1-2H3,(H,21,29). The number of benzene rings is 2. The molecule has 0 saturated heterocycles. The minimum atomic E-state index is -0.187. The van der Waals surface area contributed by atoms with Gasteiger partial charge in [-0.3, -0.25) is 9.59 Å². The zero-order valence-corrected chi connectivity index (χ0v) is 17.3. The molecule has 1 N–H and O–H groups in total. The molecule has 4 aromatic rings. The Morgan fingerprint density at radius 2 is 1.90 bits per heavy atom. The molecule has 4 rings (SSSR count). The molecule has 0 atom stereocenters. The Morgan fingerprint density at radius 1 is 1.07 bits per heavy atom. The van der Waals surface area contributed by atoms with Gasteiger partial charge in [-0.25, -0.2) is 4.68 Å². The molecule has 0 saturated carbocycles. The van der Waals surface area contributed by atoms with Gasteiger partial charge in [0.1, 0.15) is 12.1 Å². The number of para-hydroxylation sites is 1. The van der Waals surface area contributed by atoms with Crippen molar-refractivity contribution >= 4 is 40.2 Å². The number of fused-ring (bicyclic) bond motifs is 1. The van der Waals surface area contributed by atoms with Crippen LogP contribution in [0.2, 0.25) is 0 Å². The van der Waals surface area contributed by atoms with E-state index in [1.165, 1.54) is 18.7 Å². The first-order valence-corrected chi connectivity index (χ1v) is 10.2. The van der Waals surface area contributed by atoms with Crippen molar-refractivity contribution in [2.75, 3.05) is 11.1 Å². The van der Waals surface area contributed by atoms with E-state index in [-0.39, 0.29) is 17.4 Å². The van der Waals surface area contributed by atoms with E-state index >= 15 is 0 Å². The van der Waals surface area contributed by atoms with Gasteiger partial charge >= 0.3 is 0 Å². The minimum Gasteiger partial charge on any atom is -0.325 e. The average Bonchev–Trinajstić information content (AvgIpc) is 3.31. The first kappa shape index (κ1) is 19.8. The third-order valence-electron chi connectivity index (χ3n) is 4.52. The van der Waals surface area contributed by atoms with Crippen LogP contribution in [-0.2, 0) is 18.4 Å². The highest BCUT2D eigenvalue weighted by Crippen LogP contribution is 2.18. The number of hydrogen-bond donors (Lipinski definition) is 1. The van der Waals surface area contributed by atoms with Gasteiger partial charge in [0.25, 0.3) is 0 Å². The third-order valence-corrected chi connectivity index (χ3v) is 5.54. The quantitative estimate of drug-likeness (QED) is 0.361. The van der Waals surface area contributed by atoms with E-state index in [9.17, 15) is 9.59 Å². The van der Waals surface area contributed by atoms with Crippen LogP contribution in [0.1, 0.15) is 23.1 Å². The number of anilines is 1. The molecule has 0 radical (unpaired) electrons. The topological polar surface area (TPSA) is 108 Å². The zero-order valence-electron chi connectivity index (χ0n) is 16.4. The van der Waals surface area contributed by atoms with E-state index in [4.69, 9.17) is 0 Å². The number of ketones is 1. The van der Waals surface area contributed by atoms with Crippen LogP contribution < -0.4 is 5.32 Å². The molecule has 2 heterocycles. The molecule has 2 aromatic heterocycles. The van der Waals surface area contributed by atoms with Gasteiger partial charge in [0.2, 0.25) is 5.91 Å². The molecule has 0 unspecified atom stereocenters. The maximum atomic E-state index is 12.3. The van der Waals surface area contributed by atoms with Crippen LogP contribution in [0.25, 0.3) is 11.0 Å². The molecule has 1 amide bonds. The van der Waals surface area contributed by atoms with Crippen molar-refractivity contribution in [3.8, 4) is 0 Å². The maximum Gasteiger partial charge on any atom is 0.234 e. The first-order chi connectivity index (χ1) is 14.5. The molecule has 0 aliphatic rings. The molecule has 152 valence electrons. The molecule has 2 aromatic carbocycles. The Balaban J connectivity index is 1.39. The maximum absolute atomic E-state index is 12.3. The van der Waals surface area contributed by atoms with Crippen molar-refractivity contribution in [1.29, 1.82) is 0 Å². The van der Waals surface area contributed by atoms with Crippen LogP contribution in [-0.4, -0.2) is 47.2 Å². The van der Waals surface area contributed by atoms with Crippen molar-refractivity contribution in [2.45, 2.75) is 18.6 Å². The van der Waals surface area contributed by atoms with Crippen LogP contribution in [0, 0.1) is 0 Å². The van der Waals surface area contributed by atoms with Gasteiger partial charge in [-0.1, -0.05) is 41.2 Å². The number of carbonyl (C=O) groups is 2. The summed E-state index contributed by atoms with van der Waals surface area (Å²) in [7, 11) is 1.85. The SMILES string of the molecule is CC(=O)c1cccc(NC(=O)CSc2nnc(Cn3nnc4ccccc43)n2C)c1. The lowest BCUT2D eigenvalue weighted by Gasteiger charge is -2.07. The molecule has 30 heavy (non-hydrogen) atoms. The van der Waals surface area contributed by atoms with Gasteiger partial charge < -0.3 is 9.88 Å². The molecular formula is C20H19N7O2S. The Hall–Kier alpha value is -3.53. The molecule has 10 heteroatoms. The van der Waals surface area contributed by atoms with E-state index in [1.54, 1.807) is 28.9 Å². The summed E-state index contributed by atoms with van der Waals surface area (Å²) in [5.41, 5.74) is 2.88. The summed E-state index contributed by atoms with van der Waals surface area (Å²) in [6.45, 7) is 1.92. The van der Waals surface area contributed by atoms with Gasteiger partial charge in [-0.2, -0.15) is 0 Å². The van der Waals surface area contributed by atoms with Crippen LogP contribution in [0.3, 0.4) is 0 Å². The number of amides is 1. The second-order valence-electron chi connectivity index (χ2n) is 6.67. The van der Waals surface area contributed by atoms with Crippen molar-refractivity contribution < 1.29 is 9.59 Å². The highest BCUT2D eigenvalue weighted by Gasteiger charge is 2.14. The van der Waals surface area contributed by atoms with Gasteiger partial charge in [-0.05, 0) is 31.2 Å². The fourth-order valence-electron chi connectivity index (χ4n) is 2.92. The smallest absolute Gasteiger partial charge is 0.234 e. The summed E-state index contributed by atoms with van der Waals surface area (Å²) in [5, 5.41) is 20.1. The number of rotatable bonds is 7. The molecule has 0 aliphatic carbocycles. The summed E-state index contributed by atoms with van der Waals surface area (Å²) in [6, 6.07) is 14.6. The van der Waals surface area contributed by atoms with Gasteiger partial charge in [0.05, 0.1) is 11.3 Å². The number of hydrogen-bond acceptors (Lipinski definition) is 7. The van der Waals surface area contributed by atoms with Crippen LogP contribution in [0.15, 0.2) is 53.7 Å². The Labute approximate surface area is 176 Å². The number of aromatic nitrogens is 6.